The van der Waals surface area contributed by atoms with Crippen molar-refractivity contribution in [2.45, 2.75) is 0 Å². The molecule has 7 heteroatoms. The maximum Gasteiger partial charge on any atom is 0.354 e. The SMILES string of the molecule is O=C(O)c1cccc(N2CCS(=O)(=O)CC2)n1. The molecule has 0 atom stereocenters. The molecule has 0 amide bonds. The van der Waals surface area contributed by atoms with Gasteiger partial charge in [-0.1, -0.05) is 6.07 Å². The molecule has 0 aliphatic carbocycles. The molecular weight excluding hydrogens is 244 g/mol. The van der Waals surface area contributed by atoms with Crippen LogP contribution >= 0.6 is 0 Å². The predicted octanol–water partition coefficient (Wildman–Crippen LogP) is 0.0146. The maximum atomic E-state index is 11.3. The molecule has 6 nitrogen and oxygen atoms in total. The number of hydrogen-bond acceptors (Lipinski definition) is 5. The van der Waals surface area contributed by atoms with Crippen molar-refractivity contribution in [1.29, 1.82) is 0 Å². The molecule has 1 aromatic heterocycles. The standard InChI is InChI=1S/C10H12N2O4S/c13-10(14)8-2-1-3-9(11-8)12-4-6-17(15,16)7-5-12/h1-3H,4-7H2,(H,13,14). The van der Waals surface area contributed by atoms with Gasteiger partial charge in [-0.3, -0.25) is 0 Å². The van der Waals surface area contributed by atoms with Crippen LogP contribution in [0.5, 0.6) is 0 Å². The van der Waals surface area contributed by atoms with Gasteiger partial charge in [-0.05, 0) is 12.1 Å². The second-order valence-electron chi connectivity index (χ2n) is 3.83. The second-order valence-corrected chi connectivity index (χ2v) is 6.13. The number of rotatable bonds is 2. The van der Waals surface area contributed by atoms with Crippen LogP contribution in [0, 0.1) is 0 Å². The Morgan fingerprint density at radius 1 is 1.29 bits per heavy atom. The highest BCUT2D eigenvalue weighted by atomic mass is 32.2. The minimum atomic E-state index is -2.94. The summed E-state index contributed by atoms with van der Waals surface area (Å²) in [5, 5.41) is 8.81. The molecule has 1 aromatic rings. The smallest absolute Gasteiger partial charge is 0.354 e. The Morgan fingerprint density at radius 3 is 2.53 bits per heavy atom. The first-order valence-electron chi connectivity index (χ1n) is 5.14. The Morgan fingerprint density at radius 2 is 1.94 bits per heavy atom. The van der Waals surface area contributed by atoms with Gasteiger partial charge >= 0.3 is 5.97 Å². The summed E-state index contributed by atoms with van der Waals surface area (Å²) in [6, 6.07) is 4.70. The Balaban J connectivity index is 2.18. The van der Waals surface area contributed by atoms with Crippen molar-refractivity contribution in [2.75, 3.05) is 29.5 Å². The Kier molecular flexibility index (Phi) is 3.01. The molecular formula is C10H12N2O4S. The van der Waals surface area contributed by atoms with Gasteiger partial charge in [0.05, 0.1) is 11.5 Å². The number of carboxylic acids is 1. The Hall–Kier alpha value is -1.63. The topological polar surface area (TPSA) is 87.6 Å². The van der Waals surface area contributed by atoms with Crippen LogP contribution in [0.1, 0.15) is 10.5 Å². The van der Waals surface area contributed by atoms with Crippen LogP contribution in [0.25, 0.3) is 0 Å². The predicted molar refractivity (Wildman–Crippen MR) is 62.1 cm³/mol. The monoisotopic (exact) mass is 256 g/mol. The van der Waals surface area contributed by atoms with Crippen molar-refractivity contribution in [3.63, 3.8) is 0 Å². The lowest BCUT2D eigenvalue weighted by Crippen LogP contribution is -2.40. The molecule has 17 heavy (non-hydrogen) atoms. The zero-order chi connectivity index (χ0) is 12.5. The lowest BCUT2D eigenvalue weighted by Gasteiger charge is -2.27. The van der Waals surface area contributed by atoms with Crippen molar-refractivity contribution in [2.24, 2.45) is 0 Å². The van der Waals surface area contributed by atoms with E-state index in [1.54, 1.807) is 17.0 Å². The zero-order valence-electron chi connectivity index (χ0n) is 9.04. The van der Waals surface area contributed by atoms with Gasteiger partial charge in [0.25, 0.3) is 0 Å². The van der Waals surface area contributed by atoms with Crippen molar-refractivity contribution in [3.05, 3.63) is 23.9 Å². The van der Waals surface area contributed by atoms with Crippen molar-refractivity contribution >= 4 is 21.6 Å². The van der Waals surface area contributed by atoms with Gasteiger partial charge < -0.3 is 10.0 Å². The molecule has 0 aromatic carbocycles. The summed E-state index contributed by atoms with van der Waals surface area (Å²) in [4.78, 5) is 16.5. The van der Waals surface area contributed by atoms with Gasteiger partial charge in [0, 0.05) is 13.1 Å². The van der Waals surface area contributed by atoms with Crippen LogP contribution in [0.2, 0.25) is 0 Å². The highest BCUT2D eigenvalue weighted by Gasteiger charge is 2.22. The molecule has 2 heterocycles. The molecule has 92 valence electrons. The van der Waals surface area contributed by atoms with Crippen molar-refractivity contribution < 1.29 is 18.3 Å². The van der Waals surface area contributed by atoms with E-state index in [4.69, 9.17) is 5.11 Å². The quantitative estimate of drug-likeness (QED) is 0.802. The number of carboxylic acid groups (broad SMARTS) is 1. The summed E-state index contributed by atoms with van der Waals surface area (Å²) in [5.41, 5.74) is -0.0315. The number of hydrogen-bond donors (Lipinski definition) is 1. The normalized spacial score (nSPS) is 18.9. The number of carbonyl (C=O) groups is 1. The average molecular weight is 256 g/mol. The highest BCUT2D eigenvalue weighted by molar-refractivity contribution is 7.91. The van der Waals surface area contributed by atoms with Gasteiger partial charge in [-0.25, -0.2) is 18.2 Å². The molecule has 1 N–H and O–H groups in total. The van der Waals surface area contributed by atoms with Crippen molar-refractivity contribution in [1.82, 2.24) is 4.98 Å². The molecule has 0 spiro atoms. The van der Waals surface area contributed by atoms with E-state index in [2.05, 4.69) is 4.98 Å². The Labute approximate surface area is 98.8 Å². The van der Waals surface area contributed by atoms with E-state index in [-0.39, 0.29) is 17.2 Å². The number of aromatic nitrogens is 1. The molecule has 0 bridgehead atoms. The third-order valence-corrected chi connectivity index (χ3v) is 4.23. The van der Waals surface area contributed by atoms with Gasteiger partial charge in [0.15, 0.2) is 15.5 Å². The fourth-order valence-electron chi connectivity index (χ4n) is 1.66. The number of nitrogens with zero attached hydrogens (tertiary/aromatic N) is 2. The van der Waals surface area contributed by atoms with E-state index >= 15 is 0 Å². The number of pyridine rings is 1. The summed E-state index contributed by atoms with van der Waals surface area (Å²) in [6.07, 6.45) is 0. The van der Waals surface area contributed by atoms with E-state index in [0.717, 1.165) is 0 Å². The Bertz CT molecular complexity index is 527. The molecule has 1 aliphatic heterocycles. The molecule has 1 saturated heterocycles. The van der Waals surface area contributed by atoms with E-state index in [0.29, 0.717) is 18.9 Å². The molecule has 0 saturated carbocycles. The minimum absolute atomic E-state index is 0.0315. The third-order valence-electron chi connectivity index (χ3n) is 2.62. The molecule has 2 rings (SSSR count). The fraction of sp³-hybridized carbons (Fsp3) is 0.400. The number of sulfone groups is 1. The van der Waals surface area contributed by atoms with Crippen LogP contribution in [-0.2, 0) is 9.84 Å². The van der Waals surface area contributed by atoms with Crippen molar-refractivity contribution in [3.8, 4) is 0 Å². The van der Waals surface area contributed by atoms with Gasteiger partial charge in [-0.15, -0.1) is 0 Å². The van der Waals surface area contributed by atoms with Gasteiger partial charge in [0.1, 0.15) is 5.82 Å². The highest BCUT2D eigenvalue weighted by Crippen LogP contribution is 2.15. The van der Waals surface area contributed by atoms with Gasteiger partial charge in [0.2, 0.25) is 0 Å². The molecule has 1 fully saturated rings. The second kappa shape index (κ2) is 4.33. The van der Waals surface area contributed by atoms with Gasteiger partial charge in [-0.2, -0.15) is 0 Å². The van der Waals surface area contributed by atoms with Crippen LogP contribution in [0.3, 0.4) is 0 Å². The van der Waals surface area contributed by atoms with Crippen LogP contribution in [0.4, 0.5) is 5.82 Å². The summed E-state index contributed by atoms with van der Waals surface area (Å²) < 4.78 is 22.5. The van der Waals surface area contributed by atoms with E-state index in [1.807, 2.05) is 0 Å². The molecule has 1 aliphatic rings. The molecule has 0 radical (unpaired) electrons. The summed E-state index contributed by atoms with van der Waals surface area (Å²) in [7, 11) is -2.94. The zero-order valence-corrected chi connectivity index (χ0v) is 9.85. The summed E-state index contributed by atoms with van der Waals surface area (Å²) in [5.74, 6) is -0.394. The minimum Gasteiger partial charge on any atom is -0.477 e. The largest absolute Gasteiger partial charge is 0.477 e. The summed E-state index contributed by atoms with van der Waals surface area (Å²) >= 11 is 0. The maximum absolute atomic E-state index is 11.3. The lowest BCUT2D eigenvalue weighted by molar-refractivity contribution is 0.0690. The lowest BCUT2D eigenvalue weighted by atomic mass is 10.3. The summed E-state index contributed by atoms with van der Waals surface area (Å²) in [6.45, 7) is 0.719. The first-order valence-corrected chi connectivity index (χ1v) is 6.96. The first kappa shape index (κ1) is 11.8. The van der Waals surface area contributed by atoms with E-state index in [1.165, 1.54) is 6.07 Å². The first-order chi connectivity index (χ1) is 7.98. The molecule has 0 unspecified atom stereocenters. The number of anilines is 1. The fourth-order valence-corrected chi connectivity index (χ4v) is 2.86. The van der Waals surface area contributed by atoms with Crippen LogP contribution < -0.4 is 4.90 Å². The van der Waals surface area contributed by atoms with E-state index < -0.39 is 15.8 Å². The number of aromatic carboxylic acids is 1. The average Bonchev–Trinajstić information content (AvgIpc) is 2.29. The van der Waals surface area contributed by atoms with E-state index in [9.17, 15) is 13.2 Å². The van der Waals surface area contributed by atoms with Crippen LogP contribution in [-0.4, -0.2) is 49.1 Å². The van der Waals surface area contributed by atoms with Crippen LogP contribution in [0.15, 0.2) is 18.2 Å². The third kappa shape index (κ3) is 2.73.